The molecule has 0 saturated carbocycles. The first kappa shape index (κ1) is 26.3. The van der Waals surface area contributed by atoms with E-state index in [2.05, 4.69) is 53.8 Å². The van der Waals surface area contributed by atoms with Gasteiger partial charge in [0.05, 0.1) is 26.4 Å². The van der Waals surface area contributed by atoms with E-state index in [9.17, 15) is 0 Å². The van der Waals surface area contributed by atoms with Gasteiger partial charge in [-0.05, 0) is 22.3 Å². The second-order valence-electron chi connectivity index (χ2n) is 9.48. The van der Waals surface area contributed by atoms with Crippen LogP contribution in [0.25, 0.3) is 0 Å². The zero-order valence-corrected chi connectivity index (χ0v) is 21.5. The lowest BCUT2D eigenvalue weighted by Crippen LogP contribution is -2.43. The Morgan fingerprint density at radius 1 is 0.526 bits per heavy atom. The van der Waals surface area contributed by atoms with Crippen LogP contribution in [0.5, 0.6) is 0 Å². The Hall–Kier alpha value is -3.32. The van der Waals surface area contributed by atoms with Gasteiger partial charge in [0.2, 0.25) is 0 Å². The summed E-state index contributed by atoms with van der Waals surface area (Å²) in [5.74, 6) is 0. The molecule has 1 aliphatic rings. The fourth-order valence-electron chi connectivity index (χ4n) is 4.62. The molecule has 1 N–H and O–H groups in total. The Morgan fingerprint density at radius 2 is 0.974 bits per heavy atom. The summed E-state index contributed by atoms with van der Waals surface area (Å²) in [4.78, 5) is 0. The quantitative estimate of drug-likeness (QED) is 0.244. The van der Waals surface area contributed by atoms with E-state index in [0.29, 0.717) is 33.0 Å². The Labute approximate surface area is 225 Å². The van der Waals surface area contributed by atoms with Gasteiger partial charge in [-0.15, -0.1) is 0 Å². The molecule has 1 unspecified atom stereocenters. The summed E-state index contributed by atoms with van der Waals surface area (Å²) in [6.07, 6.45) is -1.24. The van der Waals surface area contributed by atoms with Crippen LogP contribution in [0.4, 0.5) is 0 Å². The third-order valence-corrected chi connectivity index (χ3v) is 6.62. The van der Waals surface area contributed by atoms with Crippen molar-refractivity contribution >= 4 is 0 Å². The molecule has 0 aromatic heterocycles. The van der Waals surface area contributed by atoms with Gasteiger partial charge in [-0.3, -0.25) is 5.32 Å². The van der Waals surface area contributed by atoms with Crippen molar-refractivity contribution in [3.8, 4) is 0 Å². The molecule has 5 rings (SSSR count). The zero-order chi connectivity index (χ0) is 25.8. The number of rotatable bonds is 13. The molecule has 1 aliphatic heterocycles. The van der Waals surface area contributed by atoms with Crippen molar-refractivity contribution in [1.29, 1.82) is 0 Å². The molecule has 1 heterocycles. The fraction of sp³-hybridized carbons (Fsp3) is 0.273. The van der Waals surface area contributed by atoms with E-state index in [1.54, 1.807) is 0 Å². The van der Waals surface area contributed by atoms with Gasteiger partial charge in [-0.2, -0.15) is 0 Å². The van der Waals surface area contributed by atoms with Gasteiger partial charge in [0.1, 0.15) is 24.5 Å². The number of nitrogens with one attached hydrogen (secondary N) is 1. The number of hydrogen-bond acceptors (Lipinski definition) is 5. The maximum Gasteiger partial charge on any atom is 0.138 e. The molecule has 5 heteroatoms. The first-order valence-electron chi connectivity index (χ1n) is 13.2. The minimum atomic E-state index is -0.343. The highest BCUT2D eigenvalue weighted by Gasteiger charge is 2.46. The van der Waals surface area contributed by atoms with E-state index in [-0.39, 0.29) is 24.5 Å². The molecule has 1 saturated heterocycles. The maximum absolute atomic E-state index is 6.54. The largest absolute Gasteiger partial charge is 0.374 e. The van der Waals surface area contributed by atoms with Crippen molar-refractivity contribution in [2.24, 2.45) is 0 Å². The monoisotopic (exact) mass is 509 g/mol. The van der Waals surface area contributed by atoms with E-state index in [0.717, 1.165) is 16.7 Å². The van der Waals surface area contributed by atoms with Crippen LogP contribution >= 0.6 is 0 Å². The van der Waals surface area contributed by atoms with Crippen molar-refractivity contribution < 1.29 is 18.9 Å². The predicted molar refractivity (Wildman–Crippen MR) is 148 cm³/mol. The van der Waals surface area contributed by atoms with Crippen LogP contribution < -0.4 is 5.32 Å². The van der Waals surface area contributed by atoms with Gasteiger partial charge in [-0.1, -0.05) is 121 Å². The number of ether oxygens (including phenoxy) is 4. The van der Waals surface area contributed by atoms with Gasteiger partial charge in [0, 0.05) is 6.54 Å². The third kappa shape index (κ3) is 7.60. The molecule has 0 aliphatic carbocycles. The molecule has 0 spiro atoms. The molecular weight excluding hydrogens is 474 g/mol. The lowest BCUT2D eigenvalue weighted by atomic mass is 10.1. The standard InChI is InChI=1S/C33H35NO4/c1-5-13-26(14-6-1)21-34-33-32(37-24-29-19-11-4-12-20-29)31(36-23-28-17-9-3-10-18-28)30(38-33)25-35-22-27-15-7-2-8-16-27/h1-20,30-34H,21-25H2/t30-,31-,32+,33?/m1/s1. The molecule has 0 amide bonds. The number of hydrogen-bond donors (Lipinski definition) is 1. The van der Waals surface area contributed by atoms with Crippen LogP contribution in [0.15, 0.2) is 121 Å². The highest BCUT2D eigenvalue weighted by atomic mass is 16.6. The van der Waals surface area contributed by atoms with E-state index in [4.69, 9.17) is 18.9 Å². The second kappa shape index (κ2) is 14.0. The van der Waals surface area contributed by atoms with Crippen LogP contribution in [-0.2, 0) is 45.3 Å². The van der Waals surface area contributed by atoms with Gasteiger partial charge >= 0.3 is 0 Å². The van der Waals surface area contributed by atoms with Gasteiger partial charge in [0.25, 0.3) is 0 Å². The third-order valence-electron chi connectivity index (χ3n) is 6.62. The van der Waals surface area contributed by atoms with Crippen molar-refractivity contribution in [3.63, 3.8) is 0 Å². The molecule has 1 fully saturated rings. The molecule has 4 aromatic rings. The van der Waals surface area contributed by atoms with Crippen LogP contribution in [-0.4, -0.2) is 31.1 Å². The number of benzene rings is 4. The fourth-order valence-corrected chi connectivity index (χ4v) is 4.62. The summed E-state index contributed by atoms with van der Waals surface area (Å²) in [5.41, 5.74) is 4.53. The Bertz CT molecular complexity index is 1190. The Kier molecular flexibility index (Phi) is 9.69. The lowest BCUT2D eigenvalue weighted by molar-refractivity contribution is -0.0900. The molecule has 4 aromatic carbocycles. The summed E-state index contributed by atoms with van der Waals surface area (Å²) in [5, 5.41) is 3.57. The van der Waals surface area contributed by atoms with Gasteiger partial charge in [0.15, 0.2) is 0 Å². The highest BCUT2D eigenvalue weighted by Crippen LogP contribution is 2.28. The maximum atomic E-state index is 6.54. The van der Waals surface area contributed by atoms with Crippen molar-refractivity contribution in [2.75, 3.05) is 6.61 Å². The summed E-state index contributed by atoms with van der Waals surface area (Å²) in [6.45, 7) is 2.54. The summed E-state index contributed by atoms with van der Waals surface area (Å²) < 4.78 is 25.7. The molecule has 0 radical (unpaired) electrons. The van der Waals surface area contributed by atoms with Crippen molar-refractivity contribution in [3.05, 3.63) is 144 Å². The lowest BCUT2D eigenvalue weighted by Gasteiger charge is -2.25. The topological polar surface area (TPSA) is 49.0 Å². The average molecular weight is 510 g/mol. The first-order valence-corrected chi connectivity index (χ1v) is 13.2. The minimum absolute atomic E-state index is 0.281. The first-order chi connectivity index (χ1) is 18.8. The minimum Gasteiger partial charge on any atom is -0.374 e. The highest BCUT2D eigenvalue weighted by molar-refractivity contribution is 5.16. The smallest absolute Gasteiger partial charge is 0.138 e. The van der Waals surface area contributed by atoms with Crippen LogP contribution in [0.3, 0.4) is 0 Å². The van der Waals surface area contributed by atoms with Crippen LogP contribution in [0.2, 0.25) is 0 Å². The normalized spacial score (nSPS) is 20.9. The summed E-state index contributed by atoms with van der Waals surface area (Å²) in [6, 6.07) is 40.9. The van der Waals surface area contributed by atoms with E-state index < -0.39 is 0 Å². The average Bonchev–Trinajstić information content (AvgIpc) is 3.32. The molecule has 4 atom stereocenters. The molecule has 0 bridgehead atoms. The van der Waals surface area contributed by atoms with E-state index >= 15 is 0 Å². The van der Waals surface area contributed by atoms with Crippen molar-refractivity contribution in [2.45, 2.75) is 50.9 Å². The summed E-state index contributed by atoms with van der Waals surface area (Å²) >= 11 is 0. The molecule has 38 heavy (non-hydrogen) atoms. The zero-order valence-electron chi connectivity index (χ0n) is 21.5. The van der Waals surface area contributed by atoms with E-state index in [1.165, 1.54) is 5.56 Å². The molecular formula is C33H35NO4. The predicted octanol–water partition coefficient (Wildman–Crippen LogP) is 5.89. The van der Waals surface area contributed by atoms with Crippen molar-refractivity contribution in [1.82, 2.24) is 5.32 Å². The Balaban J connectivity index is 1.31. The van der Waals surface area contributed by atoms with Gasteiger partial charge in [-0.25, -0.2) is 0 Å². The van der Waals surface area contributed by atoms with E-state index in [1.807, 2.05) is 72.8 Å². The second-order valence-corrected chi connectivity index (χ2v) is 9.48. The SMILES string of the molecule is c1ccc(CNC2O[C@H](COCc3ccccc3)[C@@H](OCc3ccccc3)[C@@H]2OCc2ccccc2)cc1. The summed E-state index contributed by atoms with van der Waals surface area (Å²) in [7, 11) is 0. The Morgan fingerprint density at radius 3 is 1.50 bits per heavy atom. The molecule has 196 valence electrons. The molecule has 5 nitrogen and oxygen atoms in total. The van der Waals surface area contributed by atoms with Gasteiger partial charge < -0.3 is 18.9 Å². The van der Waals surface area contributed by atoms with Crippen LogP contribution in [0, 0.1) is 0 Å². The van der Waals surface area contributed by atoms with Crippen LogP contribution in [0.1, 0.15) is 22.3 Å².